The third kappa shape index (κ3) is 2.97. The third-order valence-corrected chi connectivity index (χ3v) is 4.60. The van der Waals surface area contributed by atoms with E-state index >= 15 is 0 Å². The summed E-state index contributed by atoms with van der Waals surface area (Å²) < 4.78 is 0. The van der Waals surface area contributed by atoms with Gasteiger partial charge in [0.2, 0.25) is 5.91 Å². The van der Waals surface area contributed by atoms with Crippen LogP contribution in [0, 0.1) is 5.92 Å². The zero-order valence-corrected chi connectivity index (χ0v) is 12.1. The molecule has 1 saturated heterocycles. The maximum Gasteiger partial charge on any atom is 0.228 e. The zero-order chi connectivity index (χ0) is 14.8. The highest BCUT2D eigenvalue weighted by Crippen LogP contribution is 2.28. The molecule has 2 fully saturated rings. The highest BCUT2D eigenvalue weighted by molar-refractivity contribution is 5.80. The Balaban J connectivity index is 1.57. The van der Waals surface area contributed by atoms with Crippen LogP contribution in [0.1, 0.15) is 19.3 Å². The SMILES string of the molecule is O=C(C1CCCC1O)N1CCN(c2ccc(O)cc2)CC1. The number of rotatable bonds is 2. The number of hydrogen-bond donors (Lipinski definition) is 2. The number of aliphatic hydroxyl groups excluding tert-OH is 1. The van der Waals surface area contributed by atoms with Gasteiger partial charge in [0.25, 0.3) is 0 Å². The van der Waals surface area contributed by atoms with Crippen LogP contribution in [0.25, 0.3) is 0 Å². The summed E-state index contributed by atoms with van der Waals surface area (Å²) in [4.78, 5) is 16.5. The lowest BCUT2D eigenvalue weighted by molar-refractivity contribution is -0.138. The van der Waals surface area contributed by atoms with Crippen molar-refractivity contribution >= 4 is 11.6 Å². The van der Waals surface area contributed by atoms with Gasteiger partial charge >= 0.3 is 0 Å². The molecule has 2 aliphatic rings. The van der Waals surface area contributed by atoms with Crippen LogP contribution in [-0.4, -0.2) is 53.3 Å². The first-order chi connectivity index (χ1) is 10.1. The van der Waals surface area contributed by atoms with E-state index in [1.807, 2.05) is 17.0 Å². The predicted molar refractivity (Wildman–Crippen MR) is 80.2 cm³/mol. The van der Waals surface area contributed by atoms with E-state index in [0.29, 0.717) is 13.1 Å². The first-order valence-electron chi connectivity index (χ1n) is 7.66. The Morgan fingerprint density at radius 3 is 2.29 bits per heavy atom. The third-order valence-electron chi connectivity index (χ3n) is 4.60. The number of phenolic OH excluding ortho intramolecular Hbond substituents is 1. The van der Waals surface area contributed by atoms with Gasteiger partial charge in [-0.15, -0.1) is 0 Å². The molecule has 1 aromatic rings. The predicted octanol–water partition coefficient (Wildman–Crippen LogP) is 1.20. The Labute approximate surface area is 124 Å². The summed E-state index contributed by atoms with van der Waals surface area (Å²) in [5.74, 6) is 0.193. The van der Waals surface area contributed by atoms with Crippen molar-refractivity contribution in [3.05, 3.63) is 24.3 Å². The summed E-state index contributed by atoms with van der Waals surface area (Å²) in [6.45, 7) is 2.98. The molecule has 2 unspecified atom stereocenters. The molecular formula is C16H22N2O3. The molecule has 114 valence electrons. The number of piperazine rings is 1. The van der Waals surface area contributed by atoms with Crippen molar-refractivity contribution in [2.45, 2.75) is 25.4 Å². The molecule has 1 aromatic carbocycles. The minimum atomic E-state index is -0.451. The van der Waals surface area contributed by atoms with Crippen LogP contribution >= 0.6 is 0 Å². The van der Waals surface area contributed by atoms with Crippen LogP contribution in [0.3, 0.4) is 0 Å². The lowest BCUT2D eigenvalue weighted by atomic mass is 10.0. The first kappa shape index (κ1) is 14.2. The van der Waals surface area contributed by atoms with Crippen molar-refractivity contribution in [1.82, 2.24) is 4.90 Å². The molecule has 1 amide bonds. The molecule has 2 N–H and O–H groups in total. The van der Waals surface area contributed by atoms with Gasteiger partial charge in [-0.1, -0.05) is 0 Å². The Bertz CT molecular complexity index is 495. The van der Waals surface area contributed by atoms with Gasteiger partial charge in [0.05, 0.1) is 12.0 Å². The Morgan fingerprint density at radius 2 is 1.71 bits per heavy atom. The number of hydrogen-bond acceptors (Lipinski definition) is 4. The molecule has 21 heavy (non-hydrogen) atoms. The highest BCUT2D eigenvalue weighted by atomic mass is 16.3. The molecule has 0 radical (unpaired) electrons. The Morgan fingerprint density at radius 1 is 1.05 bits per heavy atom. The second-order valence-corrected chi connectivity index (χ2v) is 5.93. The molecule has 3 rings (SSSR count). The summed E-state index contributed by atoms with van der Waals surface area (Å²) in [6, 6.07) is 7.16. The molecule has 1 aliphatic carbocycles. The van der Waals surface area contributed by atoms with Gasteiger partial charge in [-0.3, -0.25) is 4.79 Å². The van der Waals surface area contributed by atoms with E-state index in [4.69, 9.17) is 0 Å². The fraction of sp³-hybridized carbons (Fsp3) is 0.562. The van der Waals surface area contributed by atoms with Crippen LogP contribution in [-0.2, 0) is 4.79 Å². The summed E-state index contributed by atoms with van der Waals surface area (Å²) in [6.07, 6.45) is 2.07. The molecule has 0 aromatic heterocycles. The van der Waals surface area contributed by atoms with E-state index < -0.39 is 6.10 Å². The van der Waals surface area contributed by atoms with Crippen LogP contribution in [0.5, 0.6) is 5.75 Å². The molecule has 2 atom stereocenters. The van der Waals surface area contributed by atoms with Crippen LogP contribution in [0.2, 0.25) is 0 Å². The number of amides is 1. The van der Waals surface area contributed by atoms with Gasteiger partial charge in [-0.05, 0) is 43.5 Å². The second kappa shape index (κ2) is 5.93. The van der Waals surface area contributed by atoms with Crippen molar-refractivity contribution in [1.29, 1.82) is 0 Å². The Hall–Kier alpha value is -1.75. The molecule has 0 bridgehead atoms. The molecule has 1 aliphatic heterocycles. The van der Waals surface area contributed by atoms with E-state index in [0.717, 1.165) is 38.0 Å². The molecule has 1 heterocycles. The number of benzene rings is 1. The fourth-order valence-electron chi connectivity index (χ4n) is 3.31. The van der Waals surface area contributed by atoms with Crippen LogP contribution < -0.4 is 4.90 Å². The topological polar surface area (TPSA) is 64.0 Å². The quantitative estimate of drug-likeness (QED) is 0.859. The van der Waals surface area contributed by atoms with Crippen LogP contribution in [0.15, 0.2) is 24.3 Å². The van der Waals surface area contributed by atoms with Gasteiger partial charge < -0.3 is 20.0 Å². The van der Waals surface area contributed by atoms with Gasteiger partial charge in [0.15, 0.2) is 0 Å². The van der Waals surface area contributed by atoms with E-state index in [2.05, 4.69) is 4.90 Å². The van der Waals surface area contributed by atoms with Crippen molar-refractivity contribution in [3.63, 3.8) is 0 Å². The maximum atomic E-state index is 12.4. The number of carbonyl (C=O) groups is 1. The van der Waals surface area contributed by atoms with Crippen molar-refractivity contribution in [2.75, 3.05) is 31.1 Å². The van der Waals surface area contributed by atoms with Crippen molar-refractivity contribution < 1.29 is 15.0 Å². The largest absolute Gasteiger partial charge is 0.508 e. The summed E-state index contributed by atoms with van der Waals surface area (Å²) >= 11 is 0. The molecular weight excluding hydrogens is 268 g/mol. The summed E-state index contributed by atoms with van der Waals surface area (Å²) in [7, 11) is 0. The van der Waals surface area contributed by atoms with Crippen molar-refractivity contribution in [3.8, 4) is 5.75 Å². The number of nitrogens with zero attached hydrogens (tertiary/aromatic N) is 2. The minimum Gasteiger partial charge on any atom is -0.508 e. The van der Waals surface area contributed by atoms with Gasteiger partial charge in [0, 0.05) is 31.9 Å². The fourth-order valence-corrected chi connectivity index (χ4v) is 3.31. The summed E-state index contributed by atoms with van der Waals surface area (Å²) in [5.41, 5.74) is 1.07. The first-order valence-corrected chi connectivity index (χ1v) is 7.66. The lowest BCUT2D eigenvalue weighted by Gasteiger charge is -2.37. The number of phenols is 1. The normalized spacial score (nSPS) is 26.1. The number of aliphatic hydroxyl groups is 1. The minimum absolute atomic E-state index is 0.116. The number of anilines is 1. The van der Waals surface area contributed by atoms with Gasteiger partial charge in [0.1, 0.15) is 5.75 Å². The zero-order valence-electron chi connectivity index (χ0n) is 12.1. The van der Waals surface area contributed by atoms with Crippen LogP contribution in [0.4, 0.5) is 5.69 Å². The van der Waals surface area contributed by atoms with E-state index in [1.54, 1.807) is 12.1 Å². The standard InChI is InChI=1S/C16H22N2O3/c19-13-6-4-12(5-7-13)17-8-10-18(11-9-17)16(21)14-2-1-3-15(14)20/h4-7,14-15,19-20H,1-3,8-11H2. The molecule has 5 nitrogen and oxygen atoms in total. The van der Waals surface area contributed by atoms with Gasteiger partial charge in [-0.2, -0.15) is 0 Å². The molecule has 0 spiro atoms. The smallest absolute Gasteiger partial charge is 0.228 e. The average Bonchev–Trinajstić information content (AvgIpc) is 2.94. The highest BCUT2D eigenvalue weighted by Gasteiger charge is 2.35. The van der Waals surface area contributed by atoms with E-state index in [-0.39, 0.29) is 17.6 Å². The Kier molecular flexibility index (Phi) is 4.01. The average molecular weight is 290 g/mol. The molecule has 5 heteroatoms. The number of aromatic hydroxyl groups is 1. The lowest BCUT2D eigenvalue weighted by Crippen LogP contribution is -2.51. The second-order valence-electron chi connectivity index (χ2n) is 5.93. The maximum absolute atomic E-state index is 12.4. The number of carbonyl (C=O) groups excluding carboxylic acids is 1. The van der Waals surface area contributed by atoms with Gasteiger partial charge in [-0.25, -0.2) is 0 Å². The van der Waals surface area contributed by atoms with E-state index in [9.17, 15) is 15.0 Å². The monoisotopic (exact) mass is 290 g/mol. The van der Waals surface area contributed by atoms with Crippen molar-refractivity contribution in [2.24, 2.45) is 5.92 Å². The molecule has 1 saturated carbocycles. The van der Waals surface area contributed by atoms with E-state index in [1.165, 1.54) is 0 Å². The summed E-state index contributed by atoms with van der Waals surface area (Å²) in [5, 5.41) is 19.2.